The summed E-state index contributed by atoms with van der Waals surface area (Å²) in [5.41, 5.74) is 0.415. The van der Waals surface area contributed by atoms with Gasteiger partial charge in [-0.25, -0.2) is 9.59 Å². The van der Waals surface area contributed by atoms with Crippen LogP contribution in [-0.2, 0) is 0 Å². The van der Waals surface area contributed by atoms with E-state index in [0.717, 1.165) is 23.3 Å². The molecular weight excluding hydrogens is 428 g/mol. The fourth-order valence-electron chi connectivity index (χ4n) is 3.33. The molecule has 0 radical (unpaired) electrons. The number of carboxylic acids is 2. The molecule has 2 amide bonds. The third-order valence-electron chi connectivity index (χ3n) is 5.49. The maximum absolute atomic E-state index is 13.0. The third kappa shape index (κ3) is 5.68. The molecule has 0 spiro atoms. The number of aromatic carboxylic acids is 2. The minimum Gasteiger partial charge on any atom is -0.495 e. The Labute approximate surface area is 191 Å². The predicted molar refractivity (Wildman–Crippen MR) is 123 cm³/mol. The first-order valence-electron chi connectivity index (χ1n) is 10.5. The molecule has 0 bridgehead atoms. The van der Waals surface area contributed by atoms with Crippen molar-refractivity contribution in [3.63, 3.8) is 0 Å². The van der Waals surface area contributed by atoms with E-state index in [1.807, 2.05) is 27.7 Å². The number of carboxylic acid groups (broad SMARTS) is 2. The molecule has 2 aromatic carbocycles. The Kier molecular flexibility index (Phi) is 8.17. The quantitative estimate of drug-likeness (QED) is 0.448. The number of carbonyl (C=O) groups excluding carboxylic acids is 2. The lowest BCUT2D eigenvalue weighted by atomic mass is 9.96. The van der Waals surface area contributed by atoms with Gasteiger partial charge in [0.05, 0.1) is 35.1 Å². The van der Waals surface area contributed by atoms with Gasteiger partial charge in [0.1, 0.15) is 5.75 Å². The number of ether oxygens (including phenoxy) is 1. The number of aryl methyl sites for hydroxylation is 2. The van der Waals surface area contributed by atoms with Crippen molar-refractivity contribution in [1.82, 2.24) is 5.32 Å². The summed E-state index contributed by atoms with van der Waals surface area (Å²) in [6.45, 7) is 7.44. The molecule has 0 saturated heterocycles. The Bertz CT molecular complexity index is 1100. The number of rotatable bonds is 9. The predicted octanol–water partition coefficient (Wildman–Crippen LogP) is 3.88. The average molecular weight is 456 g/mol. The summed E-state index contributed by atoms with van der Waals surface area (Å²) in [5, 5.41) is 24.6. The van der Waals surface area contributed by atoms with Crippen molar-refractivity contribution >= 4 is 29.4 Å². The summed E-state index contributed by atoms with van der Waals surface area (Å²) < 4.78 is 5.29. The van der Waals surface area contributed by atoms with Crippen molar-refractivity contribution in [2.45, 2.75) is 46.6 Å². The van der Waals surface area contributed by atoms with E-state index in [1.54, 1.807) is 12.1 Å². The van der Waals surface area contributed by atoms with Gasteiger partial charge in [-0.05, 0) is 62.1 Å². The summed E-state index contributed by atoms with van der Waals surface area (Å²) >= 11 is 0. The van der Waals surface area contributed by atoms with E-state index in [9.17, 15) is 29.4 Å². The SMILES string of the molecule is CCC(CC)NC(=O)c1cc(C(=O)O)c(C(=O)Nc2cc(C)c(C)cc2OC)cc1C(=O)O. The number of anilines is 1. The minimum atomic E-state index is -1.47. The number of carbonyl (C=O) groups is 4. The molecule has 176 valence electrons. The molecular formula is C24H28N2O7. The third-order valence-corrected chi connectivity index (χ3v) is 5.49. The molecule has 4 N–H and O–H groups in total. The molecule has 0 fully saturated rings. The molecule has 0 aromatic heterocycles. The lowest BCUT2D eigenvalue weighted by Crippen LogP contribution is -2.35. The summed E-state index contributed by atoms with van der Waals surface area (Å²) in [5.74, 6) is -4.13. The molecule has 2 aromatic rings. The van der Waals surface area contributed by atoms with Crippen molar-refractivity contribution in [1.29, 1.82) is 0 Å². The fraction of sp³-hybridized carbons (Fsp3) is 0.333. The van der Waals surface area contributed by atoms with Gasteiger partial charge < -0.3 is 25.6 Å². The van der Waals surface area contributed by atoms with Crippen LogP contribution in [0.3, 0.4) is 0 Å². The molecule has 0 atom stereocenters. The summed E-state index contributed by atoms with van der Waals surface area (Å²) in [7, 11) is 1.43. The Morgan fingerprint density at radius 1 is 0.818 bits per heavy atom. The zero-order valence-corrected chi connectivity index (χ0v) is 19.2. The van der Waals surface area contributed by atoms with E-state index in [2.05, 4.69) is 10.6 Å². The Morgan fingerprint density at radius 2 is 1.30 bits per heavy atom. The van der Waals surface area contributed by atoms with Gasteiger partial charge in [-0.15, -0.1) is 0 Å². The zero-order chi connectivity index (χ0) is 24.9. The van der Waals surface area contributed by atoms with Crippen molar-refractivity contribution in [3.05, 3.63) is 57.6 Å². The standard InChI is InChI=1S/C24H28N2O7/c1-6-14(7-2)25-21(27)15-10-18(24(31)32)16(11-17(15)23(29)30)22(28)26-19-8-12(3)13(4)9-20(19)33-5/h8-11,14H,6-7H2,1-5H3,(H,25,27)(H,26,28)(H,29,30)(H,31,32). The number of hydrogen-bond acceptors (Lipinski definition) is 5. The summed E-state index contributed by atoms with van der Waals surface area (Å²) in [6.07, 6.45) is 1.24. The van der Waals surface area contributed by atoms with E-state index in [-0.39, 0.29) is 17.2 Å². The van der Waals surface area contributed by atoms with Crippen molar-refractivity contribution in [3.8, 4) is 5.75 Å². The zero-order valence-electron chi connectivity index (χ0n) is 19.2. The second kappa shape index (κ2) is 10.6. The first-order chi connectivity index (χ1) is 15.5. The smallest absolute Gasteiger partial charge is 0.336 e. The van der Waals surface area contributed by atoms with Gasteiger partial charge >= 0.3 is 11.9 Å². The van der Waals surface area contributed by atoms with Crippen LogP contribution in [0.2, 0.25) is 0 Å². The minimum absolute atomic E-state index is 0.201. The van der Waals surface area contributed by atoms with E-state index in [1.165, 1.54) is 7.11 Å². The highest BCUT2D eigenvalue weighted by molar-refractivity contribution is 6.15. The van der Waals surface area contributed by atoms with Gasteiger partial charge in [-0.2, -0.15) is 0 Å². The van der Waals surface area contributed by atoms with Crippen molar-refractivity contribution < 1.29 is 34.1 Å². The fourth-order valence-corrected chi connectivity index (χ4v) is 3.33. The number of methoxy groups -OCH3 is 1. The highest BCUT2D eigenvalue weighted by Crippen LogP contribution is 2.29. The molecule has 9 nitrogen and oxygen atoms in total. The average Bonchev–Trinajstić information content (AvgIpc) is 2.78. The highest BCUT2D eigenvalue weighted by Gasteiger charge is 2.27. The van der Waals surface area contributed by atoms with Crippen LogP contribution in [0, 0.1) is 13.8 Å². The van der Waals surface area contributed by atoms with Gasteiger partial charge in [0, 0.05) is 6.04 Å². The van der Waals surface area contributed by atoms with Crippen LogP contribution in [0.1, 0.15) is 79.2 Å². The van der Waals surface area contributed by atoms with Crippen LogP contribution in [0.25, 0.3) is 0 Å². The molecule has 0 aliphatic heterocycles. The number of nitrogens with one attached hydrogen (secondary N) is 2. The second-order valence-corrected chi connectivity index (χ2v) is 7.63. The molecule has 0 unspecified atom stereocenters. The molecule has 0 heterocycles. The molecule has 0 saturated carbocycles. The van der Waals surface area contributed by atoms with Gasteiger partial charge in [-0.1, -0.05) is 13.8 Å². The normalized spacial score (nSPS) is 10.6. The Morgan fingerprint density at radius 3 is 1.76 bits per heavy atom. The van der Waals surface area contributed by atoms with E-state index in [4.69, 9.17) is 4.74 Å². The topological polar surface area (TPSA) is 142 Å². The molecule has 2 rings (SSSR count). The van der Waals surface area contributed by atoms with E-state index >= 15 is 0 Å². The highest BCUT2D eigenvalue weighted by atomic mass is 16.5. The summed E-state index contributed by atoms with van der Waals surface area (Å²) in [6, 6.07) is 5.03. The number of benzene rings is 2. The largest absolute Gasteiger partial charge is 0.495 e. The molecule has 33 heavy (non-hydrogen) atoms. The van der Waals surface area contributed by atoms with E-state index < -0.39 is 34.9 Å². The lowest BCUT2D eigenvalue weighted by Gasteiger charge is -2.17. The van der Waals surface area contributed by atoms with Crippen LogP contribution in [0.15, 0.2) is 24.3 Å². The summed E-state index contributed by atoms with van der Waals surface area (Å²) in [4.78, 5) is 49.5. The molecule has 0 aliphatic carbocycles. The van der Waals surface area contributed by atoms with Crippen molar-refractivity contribution in [2.24, 2.45) is 0 Å². The van der Waals surface area contributed by atoms with Gasteiger partial charge in [-0.3, -0.25) is 9.59 Å². The first kappa shape index (κ1) is 25.4. The van der Waals surface area contributed by atoms with Crippen LogP contribution in [0.4, 0.5) is 5.69 Å². The lowest BCUT2D eigenvalue weighted by molar-refractivity contribution is 0.0676. The maximum atomic E-state index is 13.0. The maximum Gasteiger partial charge on any atom is 0.336 e. The van der Waals surface area contributed by atoms with Crippen molar-refractivity contribution in [2.75, 3.05) is 12.4 Å². The van der Waals surface area contributed by atoms with Crippen LogP contribution in [-0.4, -0.2) is 47.1 Å². The van der Waals surface area contributed by atoms with Crippen LogP contribution >= 0.6 is 0 Å². The Balaban J connectivity index is 2.57. The number of amides is 2. The number of hydrogen-bond donors (Lipinski definition) is 4. The van der Waals surface area contributed by atoms with Crippen LogP contribution in [0.5, 0.6) is 5.75 Å². The Hall–Kier alpha value is -3.88. The van der Waals surface area contributed by atoms with Crippen LogP contribution < -0.4 is 15.4 Å². The second-order valence-electron chi connectivity index (χ2n) is 7.63. The van der Waals surface area contributed by atoms with Gasteiger partial charge in [0.15, 0.2) is 0 Å². The molecule has 9 heteroatoms. The monoisotopic (exact) mass is 456 g/mol. The van der Waals surface area contributed by atoms with Gasteiger partial charge in [0.2, 0.25) is 0 Å². The van der Waals surface area contributed by atoms with E-state index in [0.29, 0.717) is 24.3 Å². The van der Waals surface area contributed by atoms with Gasteiger partial charge in [0.25, 0.3) is 11.8 Å². The molecule has 0 aliphatic rings. The first-order valence-corrected chi connectivity index (χ1v) is 10.5.